The molecule has 1 rings (SSSR count). The molecule has 1 aliphatic rings. The van der Waals surface area contributed by atoms with E-state index in [1.807, 2.05) is 0 Å². The van der Waals surface area contributed by atoms with Gasteiger partial charge in [-0.25, -0.2) is 13.6 Å². The van der Waals surface area contributed by atoms with Crippen LogP contribution in [-0.2, 0) is 4.74 Å². The molecule has 100 valence electrons. The van der Waals surface area contributed by atoms with E-state index in [1.54, 1.807) is 20.8 Å². The predicted octanol–water partition coefficient (Wildman–Crippen LogP) is 2.06. The van der Waals surface area contributed by atoms with Crippen molar-refractivity contribution in [3.8, 4) is 0 Å². The average molecular weight is 251 g/mol. The van der Waals surface area contributed by atoms with Crippen molar-refractivity contribution in [2.45, 2.75) is 57.1 Å². The molecule has 0 heterocycles. The first kappa shape index (κ1) is 14.2. The van der Waals surface area contributed by atoms with Gasteiger partial charge in [0.1, 0.15) is 5.60 Å². The van der Waals surface area contributed by atoms with Crippen LogP contribution in [-0.4, -0.2) is 34.9 Å². The Kier molecular flexibility index (Phi) is 3.66. The molecule has 0 saturated heterocycles. The molecule has 0 aromatic rings. The monoisotopic (exact) mass is 251 g/mol. The summed E-state index contributed by atoms with van der Waals surface area (Å²) in [6, 6.07) is 0. The Labute approximate surface area is 99.3 Å². The topological polar surface area (TPSA) is 58.6 Å². The molecule has 1 saturated carbocycles. The largest absolute Gasteiger partial charge is 0.444 e. The van der Waals surface area contributed by atoms with Crippen LogP contribution in [0.1, 0.15) is 40.0 Å². The van der Waals surface area contributed by atoms with Crippen LogP contribution in [0.4, 0.5) is 13.6 Å². The SMILES string of the molecule is CC(C)(C)OC(=O)NC1(CO)CCC(F)(F)C1. The minimum absolute atomic E-state index is 0.0513. The number of rotatable bonds is 2. The van der Waals surface area contributed by atoms with Crippen LogP contribution in [0, 0.1) is 0 Å². The van der Waals surface area contributed by atoms with E-state index in [2.05, 4.69) is 5.32 Å². The number of hydrogen-bond acceptors (Lipinski definition) is 3. The van der Waals surface area contributed by atoms with Crippen LogP contribution in [0.3, 0.4) is 0 Å². The Morgan fingerprint density at radius 1 is 1.41 bits per heavy atom. The summed E-state index contributed by atoms with van der Waals surface area (Å²) in [4.78, 5) is 11.5. The number of ether oxygens (including phenoxy) is 1. The van der Waals surface area contributed by atoms with E-state index in [-0.39, 0.29) is 12.8 Å². The molecule has 17 heavy (non-hydrogen) atoms. The fourth-order valence-corrected chi connectivity index (χ4v) is 1.90. The number of alkyl halides is 2. The van der Waals surface area contributed by atoms with Crippen molar-refractivity contribution in [1.29, 1.82) is 0 Å². The van der Waals surface area contributed by atoms with Crippen LogP contribution >= 0.6 is 0 Å². The summed E-state index contributed by atoms with van der Waals surface area (Å²) in [5.74, 6) is -2.84. The molecule has 1 amide bonds. The molecule has 0 spiro atoms. The molecule has 1 unspecified atom stereocenters. The Hall–Kier alpha value is -0.910. The van der Waals surface area contributed by atoms with Crippen LogP contribution in [0.2, 0.25) is 0 Å². The summed E-state index contributed by atoms with van der Waals surface area (Å²) in [6.07, 6.45) is -1.60. The van der Waals surface area contributed by atoms with Gasteiger partial charge in [-0.3, -0.25) is 0 Å². The van der Waals surface area contributed by atoms with E-state index in [9.17, 15) is 18.7 Å². The first-order chi connectivity index (χ1) is 7.58. The van der Waals surface area contributed by atoms with Crippen LogP contribution in [0.15, 0.2) is 0 Å². The number of amides is 1. The normalized spacial score (nSPS) is 27.9. The van der Waals surface area contributed by atoms with Gasteiger partial charge in [0, 0.05) is 12.8 Å². The zero-order valence-corrected chi connectivity index (χ0v) is 10.3. The van der Waals surface area contributed by atoms with Gasteiger partial charge >= 0.3 is 6.09 Å². The van der Waals surface area contributed by atoms with Crippen LogP contribution in [0.5, 0.6) is 0 Å². The maximum Gasteiger partial charge on any atom is 0.408 e. The van der Waals surface area contributed by atoms with Crippen molar-refractivity contribution in [3.05, 3.63) is 0 Å². The van der Waals surface area contributed by atoms with Crippen molar-refractivity contribution >= 4 is 6.09 Å². The lowest BCUT2D eigenvalue weighted by Crippen LogP contribution is -2.51. The third-order valence-corrected chi connectivity index (χ3v) is 2.64. The smallest absolute Gasteiger partial charge is 0.408 e. The Bertz CT molecular complexity index is 302. The standard InChI is InChI=1S/C11H19F2NO3/c1-9(2,3)17-8(16)14-10(7-15)4-5-11(12,13)6-10/h15H,4-7H2,1-3H3,(H,14,16). The summed E-state index contributed by atoms with van der Waals surface area (Å²) in [7, 11) is 0. The van der Waals surface area contributed by atoms with Gasteiger partial charge < -0.3 is 15.2 Å². The first-order valence-corrected chi connectivity index (χ1v) is 5.57. The summed E-state index contributed by atoms with van der Waals surface area (Å²) >= 11 is 0. The van der Waals surface area contributed by atoms with E-state index in [4.69, 9.17) is 4.74 Å². The summed E-state index contributed by atoms with van der Waals surface area (Å²) < 4.78 is 31.2. The van der Waals surface area contributed by atoms with E-state index < -0.39 is 36.2 Å². The lowest BCUT2D eigenvalue weighted by Gasteiger charge is -2.29. The highest BCUT2D eigenvalue weighted by atomic mass is 19.3. The average Bonchev–Trinajstić information content (AvgIpc) is 2.39. The summed E-state index contributed by atoms with van der Waals surface area (Å²) in [5.41, 5.74) is -1.95. The fourth-order valence-electron chi connectivity index (χ4n) is 1.90. The van der Waals surface area contributed by atoms with E-state index in [1.165, 1.54) is 0 Å². The molecule has 0 aromatic heterocycles. The minimum atomic E-state index is -2.84. The molecular weight excluding hydrogens is 232 g/mol. The molecule has 6 heteroatoms. The third-order valence-electron chi connectivity index (χ3n) is 2.64. The number of alkyl carbamates (subject to hydrolysis) is 1. The quantitative estimate of drug-likeness (QED) is 0.789. The highest BCUT2D eigenvalue weighted by Crippen LogP contribution is 2.41. The van der Waals surface area contributed by atoms with Gasteiger partial charge in [0.2, 0.25) is 0 Å². The highest BCUT2D eigenvalue weighted by Gasteiger charge is 2.50. The Morgan fingerprint density at radius 3 is 2.35 bits per heavy atom. The number of halogens is 2. The molecule has 1 fully saturated rings. The Morgan fingerprint density at radius 2 is 2.00 bits per heavy atom. The van der Waals surface area contributed by atoms with Gasteiger partial charge in [0.25, 0.3) is 5.92 Å². The van der Waals surface area contributed by atoms with E-state index in [0.29, 0.717) is 0 Å². The molecule has 4 nitrogen and oxygen atoms in total. The fraction of sp³-hybridized carbons (Fsp3) is 0.909. The molecular formula is C11H19F2NO3. The maximum absolute atomic E-state index is 13.1. The van der Waals surface area contributed by atoms with Gasteiger partial charge in [-0.2, -0.15) is 0 Å². The predicted molar refractivity (Wildman–Crippen MR) is 58.0 cm³/mol. The maximum atomic E-state index is 13.1. The zero-order chi connectivity index (χ0) is 13.3. The number of hydrogen-bond donors (Lipinski definition) is 2. The second-order valence-corrected chi connectivity index (χ2v) is 5.60. The summed E-state index contributed by atoms with van der Waals surface area (Å²) in [5, 5.41) is 11.6. The highest BCUT2D eigenvalue weighted by molar-refractivity contribution is 5.69. The summed E-state index contributed by atoms with van der Waals surface area (Å²) in [6.45, 7) is 4.53. The second-order valence-electron chi connectivity index (χ2n) is 5.60. The van der Waals surface area contributed by atoms with Gasteiger partial charge in [0.05, 0.1) is 12.1 Å². The van der Waals surface area contributed by atoms with Gasteiger partial charge in [-0.1, -0.05) is 0 Å². The van der Waals surface area contributed by atoms with Crippen molar-refractivity contribution in [2.24, 2.45) is 0 Å². The number of carbonyl (C=O) groups is 1. The molecule has 0 bridgehead atoms. The number of aliphatic hydroxyl groups excluding tert-OH is 1. The molecule has 0 radical (unpaired) electrons. The number of aliphatic hydroxyl groups is 1. The van der Waals surface area contributed by atoms with Crippen molar-refractivity contribution in [3.63, 3.8) is 0 Å². The van der Waals surface area contributed by atoms with E-state index in [0.717, 1.165) is 0 Å². The Balaban J connectivity index is 2.62. The second kappa shape index (κ2) is 4.40. The van der Waals surface area contributed by atoms with Crippen LogP contribution in [0.25, 0.3) is 0 Å². The number of carbonyl (C=O) groups excluding carboxylic acids is 1. The van der Waals surface area contributed by atoms with Gasteiger partial charge in [-0.15, -0.1) is 0 Å². The van der Waals surface area contributed by atoms with E-state index >= 15 is 0 Å². The first-order valence-electron chi connectivity index (χ1n) is 5.57. The molecule has 0 aromatic carbocycles. The number of nitrogens with one attached hydrogen (secondary N) is 1. The van der Waals surface area contributed by atoms with Gasteiger partial charge in [0.15, 0.2) is 0 Å². The third kappa shape index (κ3) is 4.11. The minimum Gasteiger partial charge on any atom is -0.444 e. The lowest BCUT2D eigenvalue weighted by molar-refractivity contribution is -0.00657. The molecule has 2 N–H and O–H groups in total. The van der Waals surface area contributed by atoms with Crippen molar-refractivity contribution < 1.29 is 23.4 Å². The molecule has 0 aliphatic heterocycles. The lowest BCUT2D eigenvalue weighted by atomic mass is 9.99. The molecule has 1 aliphatic carbocycles. The van der Waals surface area contributed by atoms with Crippen LogP contribution < -0.4 is 5.32 Å². The van der Waals surface area contributed by atoms with Gasteiger partial charge in [-0.05, 0) is 27.2 Å². The zero-order valence-electron chi connectivity index (χ0n) is 10.3. The molecule has 1 atom stereocenters. The van der Waals surface area contributed by atoms with Crippen molar-refractivity contribution in [1.82, 2.24) is 5.32 Å². The van der Waals surface area contributed by atoms with Crippen molar-refractivity contribution in [2.75, 3.05) is 6.61 Å².